The molecule has 0 spiro atoms. The molecule has 0 heterocycles. The maximum Gasteiger partial charge on any atom is 0.220 e. The molecule has 0 unspecified atom stereocenters. The quantitative estimate of drug-likeness (QED) is 0.0977. The molecule has 0 radical (unpaired) electrons. The third-order valence-electron chi connectivity index (χ3n) is 5.18. The van der Waals surface area contributed by atoms with Crippen molar-refractivity contribution in [3.05, 3.63) is 58.2 Å². The summed E-state index contributed by atoms with van der Waals surface area (Å²) in [5.41, 5.74) is -6.08. The van der Waals surface area contributed by atoms with Gasteiger partial charge in [0, 0.05) is 5.66 Å². The van der Waals surface area contributed by atoms with Crippen molar-refractivity contribution in [3.63, 3.8) is 0 Å². The summed E-state index contributed by atoms with van der Waals surface area (Å²) in [5.74, 6) is -23.8. The number of rotatable bonds is 2. The predicted octanol–water partition coefficient (Wildman–Crippen LogP) is 6.69. The van der Waals surface area contributed by atoms with Crippen molar-refractivity contribution in [2.75, 3.05) is 0 Å². The third-order valence-corrected chi connectivity index (χ3v) is 9.12. The number of hydrogen-bond acceptors (Lipinski definition) is 0. The summed E-state index contributed by atoms with van der Waals surface area (Å²) in [6, 6.07) is 0. The van der Waals surface area contributed by atoms with Gasteiger partial charge in [-0.15, -0.1) is 0 Å². The summed E-state index contributed by atoms with van der Waals surface area (Å²) in [6.45, 7) is 10.3. The molecule has 192 valence electrons. The third kappa shape index (κ3) is 5.02. The Balaban J connectivity index is 3.18. The van der Waals surface area contributed by atoms with Gasteiger partial charge in [0.2, 0.25) is 5.56 Å². The van der Waals surface area contributed by atoms with Crippen molar-refractivity contribution < 1.29 is 43.9 Å². The minimum atomic E-state index is -4.61. The molecule has 35 heavy (non-hydrogen) atoms. The minimum Gasteiger partial charge on any atom is -0.359 e. The van der Waals surface area contributed by atoms with Gasteiger partial charge in [-0.2, -0.15) is 0 Å². The van der Waals surface area contributed by atoms with E-state index in [0.29, 0.717) is 0 Å². The lowest BCUT2D eigenvalue weighted by atomic mass is 9.38. The average molecular weight is 551 g/mol. The van der Waals surface area contributed by atoms with E-state index in [-0.39, 0.29) is 0 Å². The van der Waals surface area contributed by atoms with Crippen LogP contribution in [0.25, 0.3) is 0 Å². The molecular formula is C22H19BClF10P. The zero-order valence-corrected chi connectivity index (χ0v) is 21.0. The van der Waals surface area contributed by atoms with Gasteiger partial charge < -0.3 is 11.5 Å². The second kappa shape index (κ2) is 9.51. The Morgan fingerprint density at radius 3 is 0.971 bits per heavy atom. The highest BCUT2D eigenvalue weighted by atomic mass is 35.5. The normalized spacial score (nSPS) is 12.7. The van der Waals surface area contributed by atoms with Gasteiger partial charge in [0.1, 0.15) is 23.3 Å². The lowest BCUT2D eigenvalue weighted by Crippen LogP contribution is -2.59. The molecule has 0 amide bonds. The van der Waals surface area contributed by atoms with E-state index in [0.717, 1.165) is 0 Å². The Hall–Kier alpha value is -1.92. The van der Waals surface area contributed by atoms with Gasteiger partial charge in [0.25, 0.3) is 0 Å². The monoisotopic (exact) mass is 550 g/mol. The predicted molar refractivity (Wildman–Crippen MR) is 119 cm³/mol. The Labute approximate surface area is 201 Å². The van der Waals surface area contributed by atoms with E-state index in [9.17, 15) is 43.9 Å². The standard InChI is InChI=1S/C22H18BClF10P/c1-21(2,3)35(22(4,5)6)8-7-23(24,9-11(25)15(29)19(33)16(30)12(9)26)10-13(27)17(31)20(34)18(32)14(10)28/h1-6H3/q-1/p+1. The van der Waals surface area contributed by atoms with Crippen molar-refractivity contribution in [3.8, 4) is 11.5 Å². The minimum absolute atomic E-state index is 0.642. The molecule has 13 heteroatoms. The molecule has 0 aliphatic carbocycles. The fourth-order valence-corrected chi connectivity index (χ4v) is 7.79. The molecule has 2 rings (SSSR count). The number of benzene rings is 2. The van der Waals surface area contributed by atoms with E-state index in [2.05, 4.69) is 5.66 Å². The van der Waals surface area contributed by atoms with Gasteiger partial charge in [-0.1, -0.05) is 10.9 Å². The molecule has 0 aliphatic rings. The van der Waals surface area contributed by atoms with Gasteiger partial charge in [-0.3, -0.25) is 0 Å². The molecular weight excluding hydrogens is 531 g/mol. The summed E-state index contributed by atoms with van der Waals surface area (Å²) < 4.78 is 142. The molecule has 0 aliphatic heterocycles. The van der Waals surface area contributed by atoms with Crippen LogP contribution in [0.15, 0.2) is 0 Å². The molecule has 0 N–H and O–H groups in total. The fourth-order valence-electron chi connectivity index (χ4n) is 3.90. The Kier molecular flexibility index (Phi) is 7.97. The first-order valence-corrected chi connectivity index (χ1v) is 11.9. The van der Waals surface area contributed by atoms with Crippen LogP contribution in [0.1, 0.15) is 41.5 Å². The Morgan fingerprint density at radius 1 is 0.514 bits per heavy atom. The molecule has 2 aromatic carbocycles. The molecule has 0 aromatic heterocycles. The maximum atomic E-state index is 14.8. The number of hydrogen-bond donors (Lipinski definition) is 0. The fraction of sp³-hybridized carbons (Fsp3) is 0.364. The van der Waals surface area contributed by atoms with E-state index in [1.807, 2.05) is 5.82 Å². The summed E-state index contributed by atoms with van der Waals surface area (Å²) in [4.78, 5) is 0. The first-order valence-electron chi connectivity index (χ1n) is 9.97. The van der Waals surface area contributed by atoms with Gasteiger partial charge in [-0.25, -0.2) is 49.7 Å². The first kappa shape index (κ1) is 29.3. The van der Waals surface area contributed by atoms with E-state index >= 15 is 0 Å². The Bertz CT molecular complexity index is 1110. The highest BCUT2D eigenvalue weighted by Crippen LogP contribution is 2.58. The van der Waals surface area contributed by atoms with Gasteiger partial charge in [-0.05, 0) is 41.5 Å². The van der Waals surface area contributed by atoms with Crippen LogP contribution in [-0.4, -0.2) is 15.9 Å². The zero-order chi connectivity index (χ0) is 27.4. The molecule has 0 saturated heterocycles. The van der Waals surface area contributed by atoms with E-state index in [1.165, 1.54) is 0 Å². The topological polar surface area (TPSA) is 0 Å². The van der Waals surface area contributed by atoms with Crippen LogP contribution in [0.3, 0.4) is 0 Å². The van der Waals surface area contributed by atoms with Crippen LogP contribution in [0.2, 0.25) is 0 Å². The summed E-state index contributed by atoms with van der Waals surface area (Å²) in [6.07, 6.45) is 0. The van der Waals surface area contributed by atoms with Crippen LogP contribution >= 0.6 is 19.4 Å². The number of halogens is 11. The van der Waals surface area contributed by atoms with Crippen molar-refractivity contribution in [2.24, 2.45) is 0 Å². The van der Waals surface area contributed by atoms with Crippen LogP contribution < -0.4 is 10.9 Å². The SMILES string of the molecule is CC(C)(C)[PH+](C#C[B-](Cl)(c1c(F)c(F)c(F)c(F)c1F)c1c(F)c(F)c(F)c(F)c1F)C(C)(C)C. The first-order chi connectivity index (χ1) is 15.7. The average Bonchev–Trinajstić information content (AvgIpc) is 2.71. The second-order valence-corrected chi connectivity index (χ2v) is 14.5. The van der Waals surface area contributed by atoms with Crippen LogP contribution in [-0.2, 0) is 0 Å². The van der Waals surface area contributed by atoms with Crippen molar-refractivity contribution in [1.82, 2.24) is 0 Å². The van der Waals surface area contributed by atoms with Crippen molar-refractivity contribution >= 4 is 35.9 Å². The van der Waals surface area contributed by atoms with E-state index in [4.69, 9.17) is 11.5 Å². The van der Waals surface area contributed by atoms with Crippen LogP contribution in [0, 0.1) is 69.7 Å². The molecule has 0 atom stereocenters. The lowest BCUT2D eigenvalue weighted by Gasteiger charge is -2.34. The molecule has 0 saturated carbocycles. The summed E-state index contributed by atoms with van der Waals surface area (Å²) >= 11 is 6.18. The second-order valence-electron chi connectivity index (χ2n) is 9.87. The maximum absolute atomic E-state index is 14.8. The molecule has 0 fully saturated rings. The van der Waals surface area contributed by atoms with E-state index in [1.54, 1.807) is 41.5 Å². The summed E-state index contributed by atoms with van der Waals surface area (Å²) in [5, 5.41) is -1.28. The van der Waals surface area contributed by atoms with Gasteiger partial charge >= 0.3 is 0 Å². The van der Waals surface area contributed by atoms with Crippen molar-refractivity contribution in [1.29, 1.82) is 0 Å². The largest absolute Gasteiger partial charge is 0.359 e. The highest BCUT2D eigenvalue weighted by molar-refractivity contribution is 7.66. The molecule has 0 bridgehead atoms. The summed E-state index contributed by atoms with van der Waals surface area (Å²) in [7, 11) is -2.07. The van der Waals surface area contributed by atoms with Gasteiger partial charge in [0.15, 0.2) is 34.9 Å². The smallest absolute Gasteiger partial charge is 0.220 e. The van der Waals surface area contributed by atoms with Gasteiger partial charge in [0.05, 0.1) is 18.2 Å². The van der Waals surface area contributed by atoms with Crippen LogP contribution in [0.4, 0.5) is 43.9 Å². The molecule has 2 aromatic rings. The zero-order valence-electron chi connectivity index (χ0n) is 19.2. The van der Waals surface area contributed by atoms with Crippen molar-refractivity contribution in [2.45, 2.75) is 51.9 Å². The highest BCUT2D eigenvalue weighted by Gasteiger charge is 2.44. The Morgan fingerprint density at radius 2 is 0.743 bits per heavy atom. The van der Waals surface area contributed by atoms with Crippen LogP contribution in [0.5, 0.6) is 0 Å². The molecule has 0 nitrogen and oxygen atoms in total. The van der Waals surface area contributed by atoms with E-state index < -0.39 is 92.9 Å². The lowest BCUT2D eigenvalue weighted by molar-refractivity contribution is 0.382.